The average Bonchev–Trinajstić information content (AvgIpc) is 3.23. The van der Waals surface area contributed by atoms with Crippen molar-refractivity contribution in [2.45, 2.75) is 18.9 Å². The van der Waals surface area contributed by atoms with Gasteiger partial charge in [0.05, 0.1) is 29.0 Å². The molecule has 2 aliphatic heterocycles. The van der Waals surface area contributed by atoms with Crippen molar-refractivity contribution >= 4 is 27.1 Å². The molecule has 1 aromatic heterocycles. The summed E-state index contributed by atoms with van der Waals surface area (Å²) < 4.78 is 23.5. The number of aromatic nitrogens is 1. The van der Waals surface area contributed by atoms with Crippen LogP contribution < -0.4 is 9.80 Å². The van der Waals surface area contributed by atoms with Crippen LogP contribution in [0, 0.1) is 0 Å². The van der Waals surface area contributed by atoms with Gasteiger partial charge in [-0.2, -0.15) is 0 Å². The Morgan fingerprint density at radius 3 is 2.85 bits per heavy atom. The molecule has 1 unspecified atom stereocenters. The van der Waals surface area contributed by atoms with E-state index in [-0.39, 0.29) is 23.5 Å². The maximum atomic E-state index is 13.0. The highest BCUT2D eigenvalue weighted by molar-refractivity contribution is 7.91. The molecule has 1 atom stereocenters. The molecule has 0 bridgehead atoms. The van der Waals surface area contributed by atoms with Crippen LogP contribution in [0.3, 0.4) is 0 Å². The van der Waals surface area contributed by atoms with Crippen molar-refractivity contribution in [1.29, 1.82) is 0 Å². The fourth-order valence-corrected chi connectivity index (χ4v) is 5.51. The molecule has 1 aromatic carbocycles. The molecule has 0 aliphatic carbocycles. The summed E-state index contributed by atoms with van der Waals surface area (Å²) in [5, 5.41) is 0. The number of fused-ring (bicyclic) bond motifs is 1. The van der Waals surface area contributed by atoms with Crippen LogP contribution in [0.1, 0.15) is 22.3 Å². The second kappa shape index (κ2) is 6.39. The molecule has 2 aliphatic rings. The number of hydrogen-bond acceptors (Lipinski definition) is 5. The van der Waals surface area contributed by atoms with Gasteiger partial charge in [-0.25, -0.2) is 8.42 Å². The maximum absolute atomic E-state index is 13.0. The number of carbonyl (C=O) groups is 1. The zero-order valence-corrected chi connectivity index (χ0v) is 15.4. The third-order valence-corrected chi connectivity index (χ3v) is 7.02. The van der Waals surface area contributed by atoms with Crippen LogP contribution in [0.25, 0.3) is 0 Å². The molecule has 0 spiro atoms. The number of benzene rings is 1. The van der Waals surface area contributed by atoms with E-state index >= 15 is 0 Å². The number of sulfone groups is 1. The van der Waals surface area contributed by atoms with Gasteiger partial charge in [-0.1, -0.05) is 18.2 Å². The summed E-state index contributed by atoms with van der Waals surface area (Å²) in [5.41, 5.74) is 3.42. The molecule has 26 heavy (non-hydrogen) atoms. The Balaban J connectivity index is 1.57. The molecule has 7 heteroatoms. The van der Waals surface area contributed by atoms with E-state index in [0.29, 0.717) is 18.5 Å². The van der Waals surface area contributed by atoms with E-state index in [1.807, 2.05) is 36.2 Å². The molecule has 0 saturated carbocycles. The van der Waals surface area contributed by atoms with Crippen LogP contribution in [-0.4, -0.2) is 50.4 Å². The van der Waals surface area contributed by atoms with E-state index in [2.05, 4.69) is 4.98 Å². The number of carbonyl (C=O) groups excluding carboxylic acids is 1. The highest BCUT2D eigenvalue weighted by Crippen LogP contribution is 2.29. The van der Waals surface area contributed by atoms with Crippen LogP contribution >= 0.6 is 0 Å². The first-order chi connectivity index (χ1) is 12.4. The molecular formula is C19H21N3O3S. The van der Waals surface area contributed by atoms with E-state index in [1.165, 1.54) is 5.56 Å². The highest BCUT2D eigenvalue weighted by Gasteiger charge is 2.31. The lowest BCUT2D eigenvalue weighted by Gasteiger charge is -2.26. The van der Waals surface area contributed by atoms with Gasteiger partial charge < -0.3 is 9.80 Å². The van der Waals surface area contributed by atoms with E-state index in [0.717, 1.165) is 17.8 Å². The number of nitrogens with zero attached hydrogens (tertiary/aromatic N) is 3. The minimum absolute atomic E-state index is 0.0698. The number of pyridine rings is 1. The van der Waals surface area contributed by atoms with Gasteiger partial charge in [-0.3, -0.25) is 9.78 Å². The van der Waals surface area contributed by atoms with Crippen LogP contribution in [0.5, 0.6) is 0 Å². The summed E-state index contributed by atoms with van der Waals surface area (Å²) in [7, 11) is -1.10. The highest BCUT2D eigenvalue weighted by atomic mass is 32.2. The Bertz CT molecular complexity index is 958. The van der Waals surface area contributed by atoms with Crippen molar-refractivity contribution in [3.63, 3.8) is 0 Å². The fourth-order valence-electron chi connectivity index (χ4n) is 3.73. The first-order valence-electron chi connectivity index (χ1n) is 8.73. The van der Waals surface area contributed by atoms with Gasteiger partial charge in [0.25, 0.3) is 5.91 Å². The van der Waals surface area contributed by atoms with Gasteiger partial charge in [-0.15, -0.1) is 0 Å². The summed E-state index contributed by atoms with van der Waals surface area (Å²) in [6, 6.07) is 9.67. The second-order valence-electron chi connectivity index (χ2n) is 6.94. The van der Waals surface area contributed by atoms with Crippen molar-refractivity contribution in [3.05, 3.63) is 53.9 Å². The van der Waals surface area contributed by atoms with E-state index in [9.17, 15) is 13.2 Å². The third kappa shape index (κ3) is 3.07. The molecule has 1 fully saturated rings. The monoisotopic (exact) mass is 371 g/mol. The predicted octanol–water partition coefficient (Wildman–Crippen LogP) is 1.91. The fraction of sp³-hybridized carbons (Fsp3) is 0.368. The molecule has 4 rings (SSSR count). The summed E-state index contributed by atoms with van der Waals surface area (Å²) in [4.78, 5) is 20.9. The first kappa shape index (κ1) is 17.0. The van der Waals surface area contributed by atoms with Gasteiger partial charge in [0.2, 0.25) is 0 Å². The average molecular weight is 371 g/mol. The maximum Gasteiger partial charge on any atom is 0.259 e. The Hall–Kier alpha value is -2.41. The quantitative estimate of drug-likeness (QED) is 0.824. The van der Waals surface area contributed by atoms with Crippen molar-refractivity contribution < 1.29 is 13.2 Å². The van der Waals surface area contributed by atoms with Gasteiger partial charge in [0.15, 0.2) is 9.84 Å². The molecule has 0 radical (unpaired) electrons. The molecule has 0 N–H and O–H groups in total. The SMILES string of the molecule is CN(c1cncc(C(=O)N2CCc3ccccc32)c1)C1CCS(=O)(=O)C1. The van der Waals surface area contributed by atoms with E-state index in [4.69, 9.17) is 0 Å². The van der Waals surface area contributed by atoms with E-state index in [1.54, 1.807) is 23.4 Å². The second-order valence-corrected chi connectivity index (χ2v) is 9.16. The van der Waals surface area contributed by atoms with Crippen molar-refractivity contribution in [2.24, 2.45) is 0 Å². The molecule has 1 amide bonds. The number of anilines is 2. The lowest BCUT2D eigenvalue weighted by molar-refractivity contribution is 0.0989. The standard InChI is InChI=1S/C19H21N3O3S/c1-21(16-7-9-26(24,25)13-16)17-10-15(11-20-12-17)19(23)22-8-6-14-4-2-3-5-18(14)22/h2-5,10-12,16H,6-9,13H2,1H3. The van der Waals surface area contributed by atoms with Gasteiger partial charge in [0, 0.05) is 31.5 Å². The molecule has 3 heterocycles. The Morgan fingerprint density at radius 1 is 1.27 bits per heavy atom. The van der Waals surface area contributed by atoms with Crippen LogP contribution in [-0.2, 0) is 16.3 Å². The molecule has 136 valence electrons. The van der Waals surface area contributed by atoms with E-state index < -0.39 is 9.84 Å². The molecule has 2 aromatic rings. The zero-order valence-electron chi connectivity index (χ0n) is 14.6. The Labute approximate surface area is 153 Å². The number of para-hydroxylation sites is 1. The molecule has 1 saturated heterocycles. The number of amides is 1. The Kier molecular flexibility index (Phi) is 4.19. The first-order valence-corrected chi connectivity index (χ1v) is 10.5. The van der Waals surface area contributed by atoms with Crippen molar-refractivity contribution in [3.8, 4) is 0 Å². The van der Waals surface area contributed by atoms with Gasteiger partial charge in [-0.05, 0) is 30.5 Å². The normalized spacial score (nSPS) is 20.8. The summed E-state index contributed by atoms with van der Waals surface area (Å²) in [5.74, 6) is 0.302. The summed E-state index contributed by atoms with van der Waals surface area (Å²) in [6.07, 6.45) is 4.72. The predicted molar refractivity (Wildman–Crippen MR) is 102 cm³/mol. The third-order valence-electron chi connectivity index (χ3n) is 5.27. The van der Waals surface area contributed by atoms with Crippen LogP contribution in [0.4, 0.5) is 11.4 Å². The lowest BCUT2D eigenvalue weighted by atomic mass is 10.1. The van der Waals surface area contributed by atoms with Crippen LogP contribution in [0.15, 0.2) is 42.7 Å². The minimum atomic E-state index is -2.96. The van der Waals surface area contributed by atoms with Gasteiger partial charge >= 0.3 is 0 Å². The smallest absolute Gasteiger partial charge is 0.259 e. The topological polar surface area (TPSA) is 70.6 Å². The Morgan fingerprint density at radius 2 is 2.08 bits per heavy atom. The molecular weight excluding hydrogens is 350 g/mol. The van der Waals surface area contributed by atoms with Gasteiger partial charge in [0.1, 0.15) is 0 Å². The number of rotatable bonds is 3. The van der Waals surface area contributed by atoms with Crippen LogP contribution in [0.2, 0.25) is 0 Å². The summed E-state index contributed by atoms with van der Waals surface area (Å²) in [6.45, 7) is 0.666. The lowest BCUT2D eigenvalue weighted by Crippen LogP contribution is -2.33. The minimum Gasteiger partial charge on any atom is -0.369 e. The van der Waals surface area contributed by atoms with Crippen molar-refractivity contribution in [1.82, 2.24) is 4.98 Å². The van der Waals surface area contributed by atoms with Crippen molar-refractivity contribution in [2.75, 3.05) is 34.9 Å². The summed E-state index contributed by atoms with van der Waals surface area (Å²) >= 11 is 0. The molecule has 6 nitrogen and oxygen atoms in total. The number of hydrogen-bond donors (Lipinski definition) is 0. The largest absolute Gasteiger partial charge is 0.369 e. The zero-order chi connectivity index (χ0) is 18.3.